The van der Waals surface area contributed by atoms with E-state index in [2.05, 4.69) is 0 Å². The molecule has 6 atom stereocenters. The second-order valence-corrected chi connectivity index (χ2v) is 7.76. The van der Waals surface area contributed by atoms with E-state index in [0.29, 0.717) is 35.7 Å². The molecular weight excluding hydrogens is 248 g/mol. The van der Waals surface area contributed by atoms with E-state index >= 15 is 0 Å². The number of fused-ring (bicyclic) bond motifs is 5. The number of hydrogen-bond donors (Lipinski definition) is 0. The molecule has 0 saturated heterocycles. The average Bonchev–Trinajstić information content (AvgIpc) is 2.74. The van der Waals surface area contributed by atoms with Crippen molar-refractivity contribution in [3.63, 3.8) is 0 Å². The van der Waals surface area contributed by atoms with Gasteiger partial charge in [0.2, 0.25) is 0 Å². The number of carbonyl (C=O) groups excluding carboxylic acids is 2. The fraction of sp³-hybridized carbons (Fsp3) is 0.833. The summed E-state index contributed by atoms with van der Waals surface area (Å²) in [5.41, 5.74) is -0.488. The summed E-state index contributed by atoms with van der Waals surface area (Å²) in [4.78, 5) is 23.9. The van der Waals surface area contributed by atoms with E-state index in [1.165, 1.54) is 12.8 Å². The molecule has 4 rings (SSSR count). The van der Waals surface area contributed by atoms with E-state index < -0.39 is 5.41 Å². The highest BCUT2D eigenvalue weighted by Crippen LogP contribution is 2.60. The molecule has 0 aromatic carbocycles. The van der Waals surface area contributed by atoms with Crippen LogP contribution in [0.25, 0.3) is 0 Å². The Balaban J connectivity index is 1.59. The van der Waals surface area contributed by atoms with Crippen LogP contribution in [0.3, 0.4) is 0 Å². The normalized spacial score (nSPS) is 51.4. The van der Waals surface area contributed by atoms with Gasteiger partial charge >= 0.3 is 0 Å². The predicted octanol–water partition coefficient (Wildman–Crippen LogP) is 3.47. The summed E-state index contributed by atoms with van der Waals surface area (Å²) in [6.07, 6.45) is 8.86. The third-order valence-electron chi connectivity index (χ3n) is 7.09. The quantitative estimate of drug-likeness (QED) is 0.676. The minimum Gasteiger partial charge on any atom is -0.300 e. The molecule has 4 fully saturated rings. The summed E-state index contributed by atoms with van der Waals surface area (Å²) in [7, 11) is 0. The molecule has 2 heteroatoms. The largest absolute Gasteiger partial charge is 0.300 e. The molecule has 0 aromatic heterocycles. The smallest absolute Gasteiger partial charge is 0.139 e. The molecule has 0 unspecified atom stereocenters. The lowest BCUT2D eigenvalue weighted by atomic mass is 9.50. The van der Waals surface area contributed by atoms with Crippen molar-refractivity contribution >= 4 is 11.6 Å². The van der Waals surface area contributed by atoms with Gasteiger partial charge in [-0.25, -0.2) is 0 Å². The van der Waals surface area contributed by atoms with E-state index in [1.54, 1.807) is 0 Å². The van der Waals surface area contributed by atoms with Crippen LogP contribution in [0.5, 0.6) is 0 Å². The second kappa shape index (κ2) is 4.42. The molecule has 20 heavy (non-hydrogen) atoms. The molecule has 2 nitrogen and oxygen atoms in total. The fourth-order valence-corrected chi connectivity index (χ4v) is 6.16. The Labute approximate surface area is 121 Å². The maximum absolute atomic E-state index is 12.2. The molecule has 0 bridgehead atoms. The van der Waals surface area contributed by atoms with Crippen LogP contribution in [0.2, 0.25) is 0 Å². The van der Waals surface area contributed by atoms with E-state index in [1.807, 2.05) is 0 Å². The van der Waals surface area contributed by atoms with Crippen molar-refractivity contribution in [1.29, 1.82) is 0 Å². The van der Waals surface area contributed by atoms with Gasteiger partial charge in [-0.1, -0.05) is 0 Å². The van der Waals surface area contributed by atoms with Crippen LogP contribution >= 0.6 is 0 Å². The Morgan fingerprint density at radius 2 is 1.75 bits per heavy atom. The van der Waals surface area contributed by atoms with Crippen LogP contribution in [0, 0.1) is 41.9 Å². The van der Waals surface area contributed by atoms with Crippen LogP contribution in [-0.2, 0) is 9.59 Å². The first-order valence-electron chi connectivity index (χ1n) is 8.43. The third kappa shape index (κ3) is 1.69. The van der Waals surface area contributed by atoms with Crippen molar-refractivity contribution in [1.82, 2.24) is 0 Å². The van der Waals surface area contributed by atoms with Crippen molar-refractivity contribution in [3.8, 4) is 0 Å². The average molecular weight is 272 g/mol. The van der Waals surface area contributed by atoms with Crippen LogP contribution in [-0.4, -0.2) is 11.6 Å². The molecule has 4 aliphatic carbocycles. The number of ketones is 2. The SMILES string of the molecule is [CH][C@]12CC[C@H]3[C@@H](CC[C@@H]4CC(=O)CC[C@@H]43)[C@@H]1CCC2=O. The Bertz CT molecular complexity index is 454. The Morgan fingerprint density at radius 1 is 0.900 bits per heavy atom. The molecule has 108 valence electrons. The zero-order valence-electron chi connectivity index (χ0n) is 12.1. The summed E-state index contributed by atoms with van der Waals surface area (Å²) >= 11 is 0. The van der Waals surface area contributed by atoms with Crippen molar-refractivity contribution < 1.29 is 9.59 Å². The summed E-state index contributed by atoms with van der Waals surface area (Å²) in [5, 5.41) is 0. The molecule has 0 aromatic rings. The topological polar surface area (TPSA) is 34.1 Å². The lowest BCUT2D eigenvalue weighted by Gasteiger charge is -2.53. The molecule has 0 amide bonds. The maximum atomic E-state index is 12.2. The van der Waals surface area contributed by atoms with Gasteiger partial charge in [0.25, 0.3) is 0 Å². The first-order chi connectivity index (χ1) is 9.59. The minimum atomic E-state index is -0.488. The fourth-order valence-electron chi connectivity index (χ4n) is 6.16. The zero-order valence-corrected chi connectivity index (χ0v) is 12.1. The van der Waals surface area contributed by atoms with Crippen LogP contribution in [0.1, 0.15) is 57.8 Å². The van der Waals surface area contributed by atoms with Gasteiger partial charge < -0.3 is 0 Å². The molecule has 0 N–H and O–H groups in total. The van der Waals surface area contributed by atoms with Crippen LogP contribution in [0.4, 0.5) is 0 Å². The highest BCUT2D eigenvalue weighted by atomic mass is 16.1. The van der Waals surface area contributed by atoms with E-state index in [9.17, 15) is 9.59 Å². The Kier molecular flexibility index (Phi) is 2.88. The maximum Gasteiger partial charge on any atom is 0.139 e. The first-order valence-corrected chi connectivity index (χ1v) is 8.43. The van der Waals surface area contributed by atoms with Crippen molar-refractivity contribution in [2.24, 2.45) is 35.0 Å². The molecule has 4 aliphatic rings. The molecule has 0 spiro atoms. The highest BCUT2D eigenvalue weighted by molar-refractivity contribution is 5.88. The Hall–Kier alpha value is -0.660. The minimum absolute atomic E-state index is 0.321. The summed E-state index contributed by atoms with van der Waals surface area (Å²) < 4.78 is 0. The first kappa shape index (κ1) is 13.0. The molecular formula is C18H24O2. The number of Topliss-reactive ketones (excluding diaryl/α,β-unsaturated/α-hetero) is 2. The molecule has 4 saturated carbocycles. The van der Waals surface area contributed by atoms with Gasteiger partial charge in [-0.15, -0.1) is 0 Å². The molecule has 2 radical (unpaired) electrons. The van der Waals surface area contributed by atoms with Crippen LogP contribution < -0.4 is 0 Å². The summed E-state index contributed by atoms with van der Waals surface area (Å²) in [5.74, 6) is 4.02. The van der Waals surface area contributed by atoms with Gasteiger partial charge in [-0.05, 0) is 75.0 Å². The van der Waals surface area contributed by atoms with Gasteiger partial charge in [-0.3, -0.25) is 9.59 Å². The molecule has 0 heterocycles. The van der Waals surface area contributed by atoms with Crippen LogP contribution in [0.15, 0.2) is 0 Å². The van der Waals surface area contributed by atoms with E-state index in [0.717, 1.165) is 50.4 Å². The Morgan fingerprint density at radius 3 is 2.60 bits per heavy atom. The summed E-state index contributed by atoms with van der Waals surface area (Å²) in [6, 6.07) is 0. The van der Waals surface area contributed by atoms with Crippen molar-refractivity contribution in [2.75, 3.05) is 0 Å². The summed E-state index contributed by atoms with van der Waals surface area (Å²) in [6.45, 7) is 6.50. The molecule has 0 aliphatic heterocycles. The van der Waals surface area contributed by atoms with E-state index in [-0.39, 0.29) is 0 Å². The van der Waals surface area contributed by atoms with Gasteiger partial charge in [0.1, 0.15) is 11.6 Å². The second-order valence-electron chi connectivity index (χ2n) is 7.76. The van der Waals surface area contributed by atoms with Crippen molar-refractivity contribution in [3.05, 3.63) is 6.92 Å². The van der Waals surface area contributed by atoms with Gasteiger partial charge in [0.05, 0.1) is 0 Å². The number of carbonyl (C=O) groups is 2. The van der Waals surface area contributed by atoms with Gasteiger partial charge in [-0.2, -0.15) is 0 Å². The predicted molar refractivity (Wildman–Crippen MR) is 75.8 cm³/mol. The standard InChI is InChI=1S/C18H24O2/c1-18-9-8-14-13-5-3-12(19)10-11(13)2-4-15(14)16(18)6-7-17(18)20/h1,11,13-16H,2-10H2/t11-,13+,14-,15-,16+,18+/m1/s1. The zero-order chi connectivity index (χ0) is 13.9. The monoisotopic (exact) mass is 272 g/mol. The van der Waals surface area contributed by atoms with E-state index in [4.69, 9.17) is 6.92 Å². The lowest BCUT2D eigenvalue weighted by Crippen LogP contribution is -2.48. The number of rotatable bonds is 0. The van der Waals surface area contributed by atoms with Gasteiger partial charge in [0.15, 0.2) is 0 Å². The van der Waals surface area contributed by atoms with Gasteiger partial charge in [0, 0.05) is 24.7 Å². The highest BCUT2D eigenvalue weighted by Gasteiger charge is 2.56. The third-order valence-corrected chi connectivity index (χ3v) is 7.09. The van der Waals surface area contributed by atoms with Crippen molar-refractivity contribution in [2.45, 2.75) is 57.8 Å². The number of hydrogen-bond acceptors (Lipinski definition) is 2. The lowest BCUT2D eigenvalue weighted by molar-refractivity contribution is -0.132.